The van der Waals surface area contributed by atoms with E-state index in [0.717, 1.165) is 34.8 Å². The number of aliphatic imine (C=N–C) groups is 1. The van der Waals surface area contributed by atoms with Crippen LogP contribution in [0.2, 0.25) is 0 Å². The number of rotatable bonds is 9. The maximum atomic E-state index is 12.2. The van der Waals surface area contributed by atoms with Gasteiger partial charge in [-0.1, -0.05) is 12.1 Å². The summed E-state index contributed by atoms with van der Waals surface area (Å²) in [6, 6.07) is 9.04. The molecule has 1 atom stereocenters. The summed E-state index contributed by atoms with van der Waals surface area (Å²) in [5.74, 6) is 1.68. The van der Waals surface area contributed by atoms with Crippen LogP contribution in [0.15, 0.2) is 44.9 Å². The molecule has 8 nitrogen and oxygen atoms in total. The van der Waals surface area contributed by atoms with E-state index >= 15 is 0 Å². The lowest BCUT2D eigenvalue weighted by Crippen LogP contribution is -2.39. The highest BCUT2D eigenvalue weighted by atomic mass is 127. The van der Waals surface area contributed by atoms with Crippen LogP contribution in [0, 0.1) is 0 Å². The summed E-state index contributed by atoms with van der Waals surface area (Å²) < 4.78 is 35.4. The first-order chi connectivity index (χ1) is 14.0. The first-order valence-electron chi connectivity index (χ1n) is 9.33. The molecule has 1 aliphatic rings. The smallest absolute Gasteiger partial charge is 0.231 e. The predicted octanol–water partition coefficient (Wildman–Crippen LogP) is 2.03. The van der Waals surface area contributed by atoms with Gasteiger partial charge in [-0.15, -0.1) is 35.3 Å². The van der Waals surface area contributed by atoms with Gasteiger partial charge < -0.3 is 25.2 Å². The third-order valence-corrected chi connectivity index (χ3v) is 7.45. The van der Waals surface area contributed by atoms with E-state index in [0.29, 0.717) is 19.0 Å². The summed E-state index contributed by atoms with van der Waals surface area (Å²) in [4.78, 5) is 4.31. The van der Waals surface area contributed by atoms with Crippen LogP contribution in [-0.4, -0.2) is 57.8 Å². The second-order valence-electron chi connectivity index (χ2n) is 6.45. The molecule has 2 aromatic rings. The van der Waals surface area contributed by atoms with Crippen molar-refractivity contribution in [3.05, 3.63) is 41.3 Å². The minimum Gasteiger partial charge on any atom is -0.454 e. The normalized spacial score (nSPS) is 14.1. The first-order valence-corrected chi connectivity index (χ1v) is 11.9. The third-order valence-electron chi connectivity index (χ3n) is 4.16. The standard InChI is InChI=1S/C19H25N3O5S2.HI/c1-2-20-19(21-8-7-14-5-6-16-17(10-14)27-13-26-16)22-11-15(23)12-29(24,25)18-4-3-9-28-18;/h3-6,9-10,15,23H,2,7-8,11-13H2,1H3,(H2,20,21,22);1H. The number of aliphatic hydroxyl groups excluding tert-OH is 1. The average molecular weight is 567 g/mol. The summed E-state index contributed by atoms with van der Waals surface area (Å²) in [6.45, 7) is 3.45. The predicted molar refractivity (Wildman–Crippen MR) is 128 cm³/mol. The number of guanidine groups is 1. The zero-order chi connectivity index (χ0) is 20.7. The van der Waals surface area contributed by atoms with Crippen LogP contribution in [0.25, 0.3) is 0 Å². The zero-order valence-electron chi connectivity index (χ0n) is 16.5. The molecule has 1 aromatic heterocycles. The molecule has 1 aromatic carbocycles. The molecule has 3 rings (SSSR count). The molecule has 11 heteroatoms. The molecule has 1 unspecified atom stereocenters. The number of hydrogen-bond acceptors (Lipinski definition) is 7. The van der Waals surface area contributed by atoms with E-state index in [9.17, 15) is 13.5 Å². The van der Waals surface area contributed by atoms with Gasteiger partial charge in [0, 0.05) is 13.1 Å². The molecule has 0 aliphatic carbocycles. The Labute approximate surface area is 197 Å². The Hall–Kier alpha value is -1.57. The molecular formula is C19H26IN3O5S2. The van der Waals surface area contributed by atoms with Crippen molar-refractivity contribution in [2.45, 2.75) is 23.7 Å². The number of halogens is 1. The number of ether oxygens (including phenoxy) is 2. The van der Waals surface area contributed by atoms with E-state index in [1.807, 2.05) is 25.1 Å². The molecule has 0 saturated heterocycles. The van der Waals surface area contributed by atoms with E-state index in [1.54, 1.807) is 11.4 Å². The molecule has 0 saturated carbocycles. The molecular weight excluding hydrogens is 541 g/mol. The highest BCUT2D eigenvalue weighted by Crippen LogP contribution is 2.32. The number of fused-ring (bicyclic) bond motifs is 1. The van der Waals surface area contributed by atoms with Gasteiger partial charge in [-0.2, -0.15) is 0 Å². The van der Waals surface area contributed by atoms with Gasteiger partial charge in [0.2, 0.25) is 6.79 Å². The van der Waals surface area contributed by atoms with E-state index in [1.165, 1.54) is 6.07 Å². The molecule has 1 aliphatic heterocycles. The van der Waals surface area contributed by atoms with Gasteiger partial charge in [0.15, 0.2) is 27.3 Å². The highest BCUT2D eigenvalue weighted by molar-refractivity contribution is 14.0. The fourth-order valence-corrected chi connectivity index (χ4v) is 5.26. The Morgan fingerprint density at radius 1 is 1.27 bits per heavy atom. The Bertz CT molecular complexity index is 936. The van der Waals surface area contributed by atoms with Crippen LogP contribution in [0.4, 0.5) is 0 Å². The maximum Gasteiger partial charge on any atom is 0.231 e. The van der Waals surface area contributed by atoms with E-state index in [-0.39, 0.29) is 47.3 Å². The number of sulfone groups is 1. The number of hydrogen-bond donors (Lipinski definition) is 3. The van der Waals surface area contributed by atoms with Gasteiger partial charge in [-0.05, 0) is 42.5 Å². The van der Waals surface area contributed by atoms with Crippen molar-refractivity contribution in [3.63, 3.8) is 0 Å². The molecule has 166 valence electrons. The lowest BCUT2D eigenvalue weighted by atomic mass is 10.1. The van der Waals surface area contributed by atoms with Crippen LogP contribution in [0.1, 0.15) is 12.5 Å². The van der Waals surface area contributed by atoms with Crippen molar-refractivity contribution in [2.24, 2.45) is 4.99 Å². The minimum absolute atomic E-state index is 0. The zero-order valence-corrected chi connectivity index (χ0v) is 20.5. The summed E-state index contributed by atoms with van der Waals surface area (Å²) in [5.41, 5.74) is 1.10. The molecule has 0 spiro atoms. The fraction of sp³-hybridized carbons (Fsp3) is 0.421. The molecule has 0 bridgehead atoms. The summed E-state index contributed by atoms with van der Waals surface area (Å²) >= 11 is 1.14. The van der Waals surface area contributed by atoms with Gasteiger partial charge in [0.1, 0.15) is 4.21 Å². The van der Waals surface area contributed by atoms with Gasteiger partial charge in [-0.25, -0.2) is 8.42 Å². The number of benzene rings is 1. The lowest BCUT2D eigenvalue weighted by molar-refractivity contribution is 0.174. The molecule has 0 fully saturated rings. The molecule has 0 radical (unpaired) electrons. The maximum absolute atomic E-state index is 12.2. The summed E-state index contributed by atoms with van der Waals surface area (Å²) in [7, 11) is -3.50. The van der Waals surface area contributed by atoms with Gasteiger partial charge in [0.25, 0.3) is 0 Å². The summed E-state index contributed by atoms with van der Waals surface area (Å²) in [5, 5.41) is 18.1. The van der Waals surface area contributed by atoms with Gasteiger partial charge in [-0.3, -0.25) is 4.99 Å². The average Bonchev–Trinajstić information content (AvgIpc) is 3.37. The van der Waals surface area contributed by atoms with Crippen LogP contribution in [-0.2, 0) is 16.3 Å². The van der Waals surface area contributed by atoms with Crippen LogP contribution in [0.5, 0.6) is 11.5 Å². The van der Waals surface area contributed by atoms with Crippen molar-refractivity contribution in [2.75, 3.05) is 32.2 Å². The van der Waals surface area contributed by atoms with Crippen molar-refractivity contribution < 1.29 is 23.0 Å². The topological polar surface area (TPSA) is 109 Å². The molecule has 3 N–H and O–H groups in total. The third kappa shape index (κ3) is 7.00. The SMILES string of the molecule is CCNC(=NCC(O)CS(=O)(=O)c1cccs1)NCCc1ccc2c(c1)OCO2.I. The van der Waals surface area contributed by atoms with E-state index in [4.69, 9.17) is 9.47 Å². The van der Waals surface area contributed by atoms with Crippen molar-refractivity contribution >= 4 is 51.1 Å². The van der Waals surface area contributed by atoms with Gasteiger partial charge in [0.05, 0.1) is 18.4 Å². The van der Waals surface area contributed by atoms with Crippen LogP contribution < -0.4 is 20.1 Å². The second kappa shape index (κ2) is 11.7. The second-order valence-corrected chi connectivity index (χ2v) is 9.66. The number of thiophene rings is 1. The van der Waals surface area contributed by atoms with Crippen molar-refractivity contribution in [1.82, 2.24) is 10.6 Å². The molecule has 30 heavy (non-hydrogen) atoms. The quantitative estimate of drug-likeness (QED) is 0.242. The lowest BCUT2D eigenvalue weighted by Gasteiger charge is -2.13. The Balaban J connectivity index is 0.00000320. The Morgan fingerprint density at radius 2 is 2.07 bits per heavy atom. The minimum atomic E-state index is -3.50. The van der Waals surface area contributed by atoms with Crippen LogP contribution >= 0.6 is 35.3 Å². The van der Waals surface area contributed by atoms with Crippen molar-refractivity contribution in [3.8, 4) is 11.5 Å². The number of aliphatic hydroxyl groups is 1. The monoisotopic (exact) mass is 567 g/mol. The Morgan fingerprint density at radius 3 is 2.80 bits per heavy atom. The van der Waals surface area contributed by atoms with Crippen LogP contribution in [0.3, 0.4) is 0 Å². The highest BCUT2D eigenvalue weighted by Gasteiger charge is 2.20. The van der Waals surface area contributed by atoms with Gasteiger partial charge >= 0.3 is 0 Å². The van der Waals surface area contributed by atoms with E-state index < -0.39 is 15.9 Å². The van der Waals surface area contributed by atoms with E-state index in [2.05, 4.69) is 15.6 Å². The number of nitrogens with one attached hydrogen (secondary N) is 2. The van der Waals surface area contributed by atoms with Crippen molar-refractivity contribution in [1.29, 1.82) is 0 Å². The molecule has 2 heterocycles. The fourth-order valence-electron chi connectivity index (χ4n) is 2.79. The number of nitrogens with zero attached hydrogens (tertiary/aromatic N) is 1. The Kier molecular flexibility index (Phi) is 9.65. The first kappa shape index (κ1) is 24.7. The largest absolute Gasteiger partial charge is 0.454 e. The molecule has 0 amide bonds. The summed E-state index contributed by atoms with van der Waals surface area (Å²) in [6.07, 6.45) is -0.331.